The minimum Gasteiger partial charge on any atom is -0.507 e. The molecule has 4 rings (SSSR count). The second kappa shape index (κ2) is 8.18. The Hall–Kier alpha value is -2.98. The van der Waals surface area contributed by atoms with Gasteiger partial charge in [0.1, 0.15) is 10.8 Å². The van der Waals surface area contributed by atoms with E-state index in [1.54, 1.807) is 6.07 Å². The minimum absolute atomic E-state index is 0.145. The third kappa shape index (κ3) is 4.08. The molecular formula is C19H18N6O2S2. The number of amides is 1. The largest absolute Gasteiger partial charge is 0.507 e. The van der Waals surface area contributed by atoms with Crippen molar-refractivity contribution in [2.45, 2.75) is 25.5 Å². The molecule has 2 N–H and O–H groups in total. The number of aromatic hydroxyl groups is 1. The highest BCUT2D eigenvalue weighted by molar-refractivity contribution is 7.99. The van der Waals surface area contributed by atoms with Gasteiger partial charge in [0.2, 0.25) is 11.0 Å². The predicted molar refractivity (Wildman–Crippen MR) is 114 cm³/mol. The number of phenolic OH excluding ortho intramolecular Hbond substituents is 1. The number of hydrogen-bond acceptors (Lipinski definition) is 8. The van der Waals surface area contributed by atoms with Crippen molar-refractivity contribution in [2.75, 3.05) is 11.1 Å². The van der Waals surface area contributed by atoms with Gasteiger partial charge in [-0.1, -0.05) is 47.4 Å². The number of benzene rings is 2. The molecule has 2 aromatic carbocycles. The number of nitrogens with one attached hydrogen (secondary N) is 1. The molecule has 1 amide bonds. The number of nitrogens with zero attached hydrogens (tertiary/aromatic N) is 5. The number of fused-ring (bicyclic) bond motifs is 1. The summed E-state index contributed by atoms with van der Waals surface area (Å²) in [6.07, 6.45) is 0. The average molecular weight is 427 g/mol. The number of anilines is 1. The van der Waals surface area contributed by atoms with Crippen molar-refractivity contribution in [1.82, 2.24) is 25.0 Å². The first kappa shape index (κ1) is 19.3. The van der Waals surface area contributed by atoms with Crippen LogP contribution in [-0.2, 0) is 11.3 Å². The van der Waals surface area contributed by atoms with Crippen LogP contribution in [0.5, 0.6) is 5.75 Å². The summed E-state index contributed by atoms with van der Waals surface area (Å²) in [7, 11) is 0. The summed E-state index contributed by atoms with van der Waals surface area (Å²) < 4.78 is 1.89. The van der Waals surface area contributed by atoms with E-state index >= 15 is 0 Å². The molecule has 0 saturated carbocycles. The summed E-state index contributed by atoms with van der Waals surface area (Å²) >= 11 is 2.61. The van der Waals surface area contributed by atoms with Crippen LogP contribution in [0.4, 0.5) is 5.13 Å². The van der Waals surface area contributed by atoms with Gasteiger partial charge in [0.25, 0.3) is 0 Å². The molecular weight excluding hydrogens is 408 g/mol. The fraction of sp³-hybridized carbons (Fsp3) is 0.211. The van der Waals surface area contributed by atoms with E-state index < -0.39 is 0 Å². The topological polar surface area (TPSA) is 106 Å². The highest BCUT2D eigenvalue weighted by Gasteiger charge is 2.18. The summed E-state index contributed by atoms with van der Waals surface area (Å²) in [4.78, 5) is 12.2. The van der Waals surface area contributed by atoms with E-state index in [2.05, 4.69) is 25.7 Å². The van der Waals surface area contributed by atoms with Gasteiger partial charge >= 0.3 is 0 Å². The van der Waals surface area contributed by atoms with Gasteiger partial charge in [-0.2, -0.15) is 0 Å². The van der Waals surface area contributed by atoms with Crippen molar-refractivity contribution in [3.8, 4) is 17.1 Å². The maximum absolute atomic E-state index is 12.2. The Morgan fingerprint density at radius 2 is 1.93 bits per heavy atom. The van der Waals surface area contributed by atoms with Gasteiger partial charge in [0, 0.05) is 6.54 Å². The predicted octanol–water partition coefficient (Wildman–Crippen LogP) is 3.71. The lowest BCUT2D eigenvalue weighted by Crippen LogP contribution is -2.14. The first-order valence-electron chi connectivity index (χ1n) is 8.93. The lowest BCUT2D eigenvalue weighted by atomic mass is 10.1. The van der Waals surface area contributed by atoms with Crippen LogP contribution in [0.1, 0.15) is 11.9 Å². The lowest BCUT2D eigenvalue weighted by molar-refractivity contribution is -0.113. The number of carbonyl (C=O) groups excluding carboxylic acids is 1. The van der Waals surface area contributed by atoms with Crippen LogP contribution in [-0.4, -0.2) is 41.7 Å². The Morgan fingerprint density at radius 3 is 2.62 bits per heavy atom. The van der Waals surface area contributed by atoms with Gasteiger partial charge in [-0.15, -0.1) is 20.4 Å². The molecule has 4 aromatic rings. The lowest BCUT2D eigenvalue weighted by Gasteiger charge is -2.10. The number of thioether (sulfide) groups is 1. The highest BCUT2D eigenvalue weighted by atomic mass is 32.2. The maximum Gasteiger partial charge on any atom is 0.236 e. The molecule has 0 atom stereocenters. The number of hydrogen-bond donors (Lipinski definition) is 2. The van der Waals surface area contributed by atoms with Gasteiger partial charge in [-0.3, -0.25) is 10.1 Å². The standard InChI is InChI=1S/C19H18N6O2S2/c1-3-25-17(14-8-12-6-4-5-7-13(12)9-15(14)26)22-24-19(25)28-10-16(27)20-18-23-21-11(2)29-18/h4-9,26H,3,10H2,1-2H3,(H,20,23,27). The Labute approximate surface area is 175 Å². The van der Waals surface area contributed by atoms with Gasteiger partial charge in [-0.25, -0.2) is 0 Å². The SMILES string of the molecule is CCn1c(SCC(=O)Nc2nnc(C)s2)nnc1-c1cc2ccccc2cc1O. The maximum atomic E-state index is 12.2. The van der Waals surface area contributed by atoms with Crippen LogP contribution in [0.2, 0.25) is 0 Å². The summed E-state index contributed by atoms with van der Waals surface area (Å²) in [5.41, 5.74) is 0.610. The third-order valence-electron chi connectivity index (χ3n) is 4.24. The smallest absolute Gasteiger partial charge is 0.236 e. The number of rotatable bonds is 6. The van der Waals surface area contributed by atoms with Gasteiger partial charge in [0.15, 0.2) is 11.0 Å². The Balaban J connectivity index is 1.55. The van der Waals surface area contributed by atoms with Crippen molar-refractivity contribution in [3.63, 3.8) is 0 Å². The van der Waals surface area contributed by atoms with Crippen molar-refractivity contribution in [2.24, 2.45) is 0 Å². The van der Waals surface area contributed by atoms with Crippen LogP contribution in [0, 0.1) is 6.92 Å². The van der Waals surface area contributed by atoms with Crippen LogP contribution in [0.25, 0.3) is 22.2 Å². The molecule has 0 bridgehead atoms. The monoisotopic (exact) mass is 426 g/mol. The van der Waals surface area contributed by atoms with Crippen molar-refractivity contribution >= 4 is 44.9 Å². The van der Waals surface area contributed by atoms with E-state index in [1.165, 1.54) is 23.1 Å². The van der Waals surface area contributed by atoms with Crippen molar-refractivity contribution < 1.29 is 9.90 Å². The Morgan fingerprint density at radius 1 is 1.17 bits per heavy atom. The molecule has 0 spiro atoms. The molecule has 0 aliphatic rings. The highest BCUT2D eigenvalue weighted by Crippen LogP contribution is 2.34. The van der Waals surface area contributed by atoms with E-state index in [0.717, 1.165) is 15.8 Å². The summed E-state index contributed by atoms with van der Waals surface area (Å²) in [6, 6.07) is 11.4. The van der Waals surface area contributed by atoms with Crippen LogP contribution in [0.3, 0.4) is 0 Å². The zero-order valence-electron chi connectivity index (χ0n) is 15.8. The summed E-state index contributed by atoms with van der Waals surface area (Å²) in [5, 5.41) is 33.3. The molecule has 0 aliphatic heterocycles. The van der Waals surface area contributed by atoms with Crippen LogP contribution >= 0.6 is 23.1 Å². The summed E-state index contributed by atoms with van der Waals surface area (Å²) in [6.45, 7) is 4.41. The van der Waals surface area contributed by atoms with Crippen molar-refractivity contribution in [3.05, 3.63) is 41.4 Å². The molecule has 0 fully saturated rings. The normalized spacial score (nSPS) is 11.1. The number of phenols is 1. The third-order valence-corrected chi connectivity index (χ3v) is 5.96. The second-order valence-electron chi connectivity index (χ2n) is 6.23. The first-order chi connectivity index (χ1) is 14.0. The van der Waals surface area contributed by atoms with Crippen molar-refractivity contribution in [1.29, 1.82) is 0 Å². The van der Waals surface area contributed by atoms with Crippen LogP contribution in [0.15, 0.2) is 41.6 Å². The average Bonchev–Trinajstić information content (AvgIpc) is 3.31. The van der Waals surface area contributed by atoms with Crippen LogP contribution < -0.4 is 5.32 Å². The fourth-order valence-corrected chi connectivity index (χ4v) is 4.33. The second-order valence-corrected chi connectivity index (χ2v) is 8.35. The molecule has 0 aliphatic carbocycles. The van der Waals surface area contributed by atoms with Gasteiger partial charge in [-0.05, 0) is 36.8 Å². The van der Waals surface area contributed by atoms with E-state index in [-0.39, 0.29) is 17.4 Å². The first-order valence-corrected chi connectivity index (χ1v) is 10.7. The fourth-order valence-electron chi connectivity index (χ4n) is 2.92. The van der Waals surface area contributed by atoms with E-state index in [0.29, 0.717) is 28.2 Å². The molecule has 2 heterocycles. The zero-order valence-corrected chi connectivity index (χ0v) is 17.4. The Kier molecular flexibility index (Phi) is 5.45. The number of carbonyl (C=O) groups is 1. The molecule has 0 radical (unpaired) electrons. The number of aromatic nitrogens is 5. The van der Waals surface area contributed by atoms with Gasteiger partial charge < -0.3 is 9.67 Å². The van der Waals surface area contributed by atoms with Gasteiger partial charge in [0.05, 0.1) is 11.3 Å². The Bertz CT molecular complexity index is 1190. The van der Waals surface area contributed by atoms with E-state index in [1.807, 2.05) is 48.7 Å². The molecule has 29 heavy (non-hydrogen) atoms. The minimum atomic E-state index is -0.188. The van der Waals surface area contributed by atoms with E-state index in [4.69, 9.17) is 0 Å². The molecule has 2 aromatic heterocycles. The van der Waals surface area contributed by atoms with E-state index in [9.17, 15) is 9.90 Å². The summed E-state index contributed by atoms with van der Waals surface area (Å²) in [5.74, 6) is 0.692. The number of aryl methyl sites for hydroxylation is 1. The molecule has 0 saturated heterocycles. The zero-order chi connectivity index (χ0) is 20.4. The molecule has 148 valence electrons. The quantitative estimate of drug-likeness (QED) is 0.453. The molecule has 10 heteroatoms. The molecule has 0 unspecified atom stereocenters. The molecule has 8 nitrogen and oxygen atoms in total.